The van der Waals surface area contributed by atoms with Crippen LogP contribution in [0, 0.1) is 11.8 Å². The Balaban J connectivity index is 2.30. The van der Waals surface area contributed by atoms with Gasteiger partial charge in [0.25, 0.3) is 0 Å². The first kappa shape index (κ1) is 14.3. The van der Waals surface area contributed by atoms with E-state index in [0.29, 0.717) is 6.42 Å². The SMILES string of the molecule is C/C1=C\[C@@H](O)[C@H]2[C@H](C/C(CO)=C\CC1)OC(=O)[C@@H]2C. The number of carbonyl (C=O) groups excluding carboxylic acids is 1. The normalized spacial score (nSPS) is 41.6. The molecule has 19 heavy (non-hydrogen) atoms. The van der Waals surface area contributed by atoms with E-state index < -0.39 is 6.10 Å². The second-order valence-electron chi connectivity index (χ2n) is 5.61. The van der Waals surface area contributed by atoms with Gasteiger partial charge in [0.05, 0.1) is 18.6 Å². The Morgan fingerprint density at radius 3 is 2.89 bits per heavy atom. The molecule has 1 aliphatic carbocycles. The van der Waals surface area contributed by atoms with Gasteiger partial charge in [-0.2, -0.15) is 0 Å². The van der Waals surface area contributed by atoms with Crippen molar-refractivity contribution < 1.29 is 19.7 Å². The summed E-state index contributed by atoms with van der Waals surface area (Å²) in [4.78, 5) is 11.7. The lowest BCUT2D eigenvalue weighted by molar-refractivity contribution is -0.143. The number of rotatable bonds is 1. The Morgan fingerprint density at radius 1 is 1.47 bits per heavy atom. The molecule has 106 valence electrons. The summed E-state index contributed by atoms with van der Waals surface area (Å²) >= 11 is 0. The van der Waals surface area contributed by atoms with Crippen LogP contribution in [0.5, 0.6) is 0 Å². The van der Waals surface area contributed by atoms with E-state index in [1.54, 1.807) is 6.92 Å². The zero-order chi connectivity index (χ0) is 14.0. The van der Waals surface area contributed by atoms with Crippen LogP contribution in [0.3, 0.4) is 0 Å². The van der Waals surface area contributed by atoms with Crippen LogP contribution in [0.2, 0.25) is 0 Å². The molecule has 1 fully saturated rings. The first-order chi connectivity index (χ1) is 9.02. The van der Waals surface area contributed by atoms with Crippen LogP contribution in [-0.2, 0) is 9.53 Å². The number of esters is 1. The zero-order valence-electron chi connectivity index (χ0n) is 11.5. The standard InChI is InChI=1S/C15H22O4/c1-9-4-3-5-11(8-16)7-13-14(12(17)6-9)10(2)15(18)19-13/h5-6,10,12-14,16-17H,3-4,7-8H2,1-2H3/b9-6+,11-5+/t10-,12-,13+,14+/m1/s1. The van der Waals surface area contributed by atoms with Crippen LogP contribution in [0.25, 0.3) is 0 Å². The summed E-state index contributed by atoms with van der Waals surface area (Å²) in [6, 6.07) is 0. The predicted octanol–water partition coefficient (Wildman–Crippen LogP) is 1.57. The number of allylic oxidation sites excluding steroid dienone is 2. The van der Waals surface area contributed by atoms with Crippen molar-refractivity contribution in [3.8, 4) is 0 Å². The topological polar surface area (TPSA) is 66.8 Å². The number of hydrogen-bond donors (Lipinski definition) is 2. The molecule has 0 radical (unpaired) electrons. The maximum atomic E-state index is 11.7. The molecule has 4 heteroatoms. The fourth-order valence-electron chi connectivity index (χ4n) is 2.97. The van der Waals surface area contributed by atoms with Gasteiger partial charge in [0, 0.05) is 12.3 Å². The third kappa shape index (κ3) is 3.07. The number of fused-ring (bicyclic) bond motifs is 1. The van der Waals surface area contributed by atoms with Gasteiger partial charge < -0.3 is 14.9 Å². The average Bonchev–Trinajstić information content (AvgIpc) is 2.63. The highest BCUT2D eigenvalue weighted by molar-refractivity contribution is 5.75. The molecule has 0 aromatic carbocycles. The monoisotopic (exact) mass is 266 g/mol. The first-order valence-corrected chi connectivity index (χ1v) is 6.87. The third-order valence-corrected chi connectivity index (χ3v) is 4.13. The maximum Gasteiger partial charge on any atom is 0.309 e. The molecule has 4 nitrogen and oxygen atoms in total. The van der Waals surface area contributed by atoms with Crippen molar-refractivity contribution in [1.82, 2.24) is 0 Å². The molecule has 2 rings (SSSR count). The molecule has 0 amide bonds. The number of carbonyl (C=O) groups is 1. The minimum atomic E-state index is -0.663. The molecule has 0 aromatic rings. The minimum Gasteiger partial charge on any atom is -0.461 e. The molecular weight excluding hydrogens is 244 g/mol. The van der Waals surface area contributed by atoms with Gasteiger partial charge in [-0.25, -0.2) is 0 Å². The van der Waals surface area contributed by atoms with E-state index in [2.05, 4.69) is 0 Å². The van der Waals surface area contributed by atoms with E-state index in [-0.39, 0.29) is 30.5 Å². The van der Waals surface area contributed by atoms with Crippen LogP contribution in [0.15, 0.2) is 23.3 Å². The van der Waals surface area contributed by atoms with E-state index in [4.69, 9.17) is 4.74 Å². The van der Waals surface area contributed by atoms with Gasteiger partial charge in [0.2, 0.25) is 0 Å². The highest BCUT2D eigenvalue weighted by Crippen LogP contribution is 2.36. The molecule has 1 heterocycles. The fourth-order valence-corrected chi connectivity index (χ4v) is 2.97. The Bertz CT molecular complexity index is 410. The second kappa shape index (κ2) is 5.88. The van der Waals surface area contributed by atoms with Crippen molar-refractivity contribution in [3.05, 3.63) is 23.3 Å². The zero-order valence-corrected chi connectivity index (χ0v) is 11.5. The number of aliphatic hydroxyl groups excluding tert-OH is 2. The molecule has 0 bridgehead atoms. The molecule has 4 atom stereocenters. The van der Waals surface area contributed by atoms with Crippen molar-refractivity contribution in [2.75, 3.05) is 6.61 Å². The highest BCUT2D eigenvalue weighted by Gasteiger charge is 2.45. The first-order valence-electron chi connectivity index (χ1n) is 6.87. The summed E-state index contributed by atoms with van der Waals surface area (Å²) in [5.41, 5.74) is 1.99. The number of ether oxygens (including phenoxy) is 1. The smallest absolute Gasteiger partial charge is 0.309 e. The summed E-state index contributed by atoms with van der Waals surface area (Å²) in [5.74, 6) is -0.782. The van der Waals surface area contributed by atoms with E-state index >= 15 is 0 Å². The van der Waals surface area contributed by atoms with Crippen LogP contribution < -0.4 is 0 Å². The van der Waals surface area contributed by atoms with Gasteiger partial charge in [-0.15, -0.1) is 0 Å². The third-order valence-electron chi connectivity index (χ3n) is 4.13. The molecule has 0 spiro atoms. The minimum absolute atomic E-state index is 0.0198. The van der Waals surface area contributed by atoms with E-state index in [1.165, 1.54) is 0 Å². The summed E-state index contributed by atoms with van der Waals surface area (Å²) < 4.78 is 5.37. The average molecular weight is 266 g/mol. The molecule has 0 aromatic heterocycles. The summed E-state index contributed by atoms with van der Waals surface area (Å²) in [6.07, 6.45) is 5.08. The Hall–Kier alpha value is -1.13. The van der Waals surface area contributed by atoms with Gasteiger partial charge in [-0.3, -0.25) is 4.79 Å². The van der Waals surface area contributed by atoms with Crippen molar-refractivity contribution in [2.24, 2.45) is 11.8 Å². The van der Waals surface area contributed by atoms with Crippen molar-refractivity contribution >= 4 is 5.97 Å². The van der Waals surface area contributed by atoms with Gasteiger partial charge in [0.1, 0.15) is 6.10 Å². The highest BCUT2D eigenvalue weighted by atomic mass is 16.6. The largest absolute Gasteiger partial charge is 0.461 e. The molecule has 0 saturated carbocycles. The Labute approximate surface area is 113 Å². The quantitative estimate of drug-likeness (QED) is 0.558. The van der Waals surface area contributed by atoms with E-state index in [0.717, 1.165) is 24.0 Å². The van der Waals surface area contributed by atoms with E-state index in [1.807, 2.05) is 19.1 Å². The Morgan fingerprint density at radius 2 is 2.21 bits per heavy atom. The van der Waals surface area contributed by atoms with Gasteiger partial charge in [-0.1, -0.05) is 24.6 Å². The van der Waals surface area contributed by atoms with E-state index in [9.17, 15) is 15.0 Å². The number of hydrogen-bond acceptors (Lipinski definition) is 4. The van der Waals surface area contributed by atoms with Gasteiger partial charge in [-0.05, 0) is 25.3 Å². The maximum absolute atomic E-state index is 11.7. The second-order valence-corrected chi connectivity index (χ2v) is 5.61. The summed E-state index contributed by atoms with van der Waals surface area (Å²) in [5, 5.41) is 19.7. The molecule has 2 N–H and O–H groups in total. The number of aliphatic hydroxyl groups is 2. The van der Waals surface area contributed by atoms with Crippen molar-refractivity contribution in [1.29, 1.82) is 0 Å². The van der Waals surface area contributed by atoms with Crippen LogP contribution >= 0.6 is 0 Å². The summed E-state index contributed by atoms with van der Waals surface area (Å²) in [7, 11) is 0. The predicted molar refractivity (Wildman–Crippen MR) is 71.3 cm³/mol. The van der Waals surface area contributed by atoms with Gasteiger partial charge in [0.15, 0.2) is 0 Å². The molecule has 1 saturated heterocycles. The van der Waals surface area contributed by atoms with Gasteiger partial charge >= 0.3 is 5.97 Å². The Kier molecular flexibility index (Phi) is 4.42. The molecule has 1 aliphatic heterocycles. The fraction of sp³-hybridized carbons (Fsp3) is 0.667. The van der Waals surface area contributed by atoms with Crippen molar-refractivity contribution in [3.63, 3.8) is 0 Å². The molecule has 0 unspecified atom stereocenters. The van der Waals surface area contributed by atoms with Crippen molar-refractivity contribution in [2.45, 2.75) is 45.3 Å². The van der Waals surface area contributed by atoms with Crippen LogP contribution in [0.4, 0.5) is 0 Å². The lowest BCUT2D eigenvalue weighted by Crippen LogP contribution is -2.31. The molecule has 2 aliphatic rings. The lowest BCUT2D eigenvalue weighted by Gasteiger charge is -2.24. The lowest BCUT2D eigenvalue weighted by atomic mass is 9.82. The summed E-state index contributed by atoms with van der Waals surface area (Å²) in [6.45, 7) is 3.76. The van der Waals surface area contributed by atoms with Crippen LogP contribution in [0.1, 0.15) is 33.1 Å². The molecular formula is C15H22O4. The van der Waals surface area contributed by atoms with Crippen LogP contribution in [-0.4, -0.2) is 35.0 Å².